The number of pyridine rings is 1. The Labute approximate surface area is 210 Å². The Balaban J connectivity index is 1.62. The molecule has 1 atom stereocenters. The van der Waals surface area contributed by atoms with Crippen molar-refractivity contribution >= 4 is 22.7 Å². The monoisotopic (exact) mass is 514 g/mol. The molecule has 0 radical (unpaired) electrons. The number of hydrogen-bond acceptors (Lipinski definition) is 6. The molecule has 0 saturated carbocycles. The second-order valence-corrected chi connectivity index (χ2v) is 7.95. The molecule has 0 saturated heterocycles. The van der Waals surface area contributed by atoms with Crippen molar-refractivity contribution < 1.29 is 33.6 Å². The Morgan fingerprint density at radius 3 is 2.65 bits per heavy atom. The van der Waals surface area contributed by atoms with Crippen LogP contribution in [0.25, 0.3) is 22.0 Å². The Kier molecular flexibility index (Phi) is 6.62. The van der Waals surface area contributed by atoms with Gasteiger partial charge in [0.1, 0.15) is 11.3 Å². The maximum Gasteiger partial charge on any atom is 0.573 e. The summed E-state index contributed by atoms with van der Waals surface area (Å²) in [5, 5.41) is 12.7. The molecule has 2 amide bonds. The number of alkyl halides is 3. The molecule has 0 aliphatic rings. The zero-order chi connectivity index (χ0) is 27.4. The molecule has 2 aromatic carbocycles. The van der Waals surface area contributed by atoms with Crippen LogP contribution in [0.2, 0.25) is 0 Å². The van der Waals surface area contributed by atoms with E-state index in [0.717, 1.165) is 6.07 Å². The number of methoxy groups -OCH3 is 1. The number of halogens is 3. The number of nitrogens with one attached hydrogen (secondary N) is 3. The van der Waals surface area contributed by atoms with Crippen molar-refractivity contribution in [1.29, 1.82) is 0 Å². The van der Waals surface area contributed by atoms with Crippen LogP contribution in [-0.2, 0) is 0 Å². The second kappa shape index (κ2) is 10.2. The summed E-state index contributed by atoms with van der Waals surface area (Å²) in [6, 6.07) is 11.3. The van der Waals surface area contributed by atoms with Crippen molar-refractivity contribution in [3.63, 3.8) is 0 Å². The molecule has 2 aromatic heterocycles. The number of fused-ring (bicyclic) bond motifs is 1. The Morgan fingerprint density at radius 1 is 1.11 bits per heavy atom. The highest BCUT2D eigenvalue weighted by molar-refractivity contribution is 6.05. The lowest BCUT2D eigenvalue weighted by Gasteiger charge is -2.17. The largest absolute Gasteiger partial charge is 0.573 e. The van der Waals surface area contributed by atoms with E-state index < -0.39 is 31.1 Å². The molecule has 37 heavy (non-hydrogen) atoms. The predicted molar refractivity (Wildman–Crippen MR) is 128 cm³/mol. The van der Waals surface area contributed by atoms with Crippen LogP contribution in [0.4, 0.5) is 13.2 Å². The first-order valence-electron chi connectivity index (χ1n) is 11.6. The average Bonchev–Trinajstić information content (AvgIpc) is 3.31. The Morgan fingerprint density at radius 2 is 1.92 bits per heavy atom. The molecular weight excluding hydrogens is 491 g/mol. The molecule has 0 spiro atoms. The number of carbonyl (C=O) groups is 2. The van der Waals surface area contributed by atoms with Gasteiger partial charge in [-0.15, -0.1) is 13.2 Å². The zero-order valence-electron chi connectivity index (χ0n) is 20.6. The van der Waals surface area contributed by atoms with Crippen molar-refractivity contribution in [3.05, 3.63) is 71.5 Å². The van der Waals surface area contributed by atoms with E-state index in [1.807, 2.05) is 0 Å². The molecule has 4 rings (SSSR count). The maximum absolute atomic E-state index is 13.2. The van der Waals surface area contributed by atoms with Gasteiger partial charge in [-0.05, 0) is 48.4 Å². The summed E-state index contributed by atoms with van der Waals surface area (Å²) < 4.78 is 54.3. The number of H-pyrrole nitrogens is 1. The van der Waals surface area contributed by atoms with Crippen LogP contribution in [0.1, 0.15) is 40.7 Å². The van der Waals surface area contributed by atoms with E-state index in [9.17, 15) is 22.8 Å². The summed E-state index contributed by atoms with van der Waals surface area (Å²) >= 11 is 0. The second-order valence-electron chi connectivity index (χ2n) is 7.95. The molecule has 192 valence electrons. The van der Waals surface area contributed by atoms with Crippen molar-refractivity contribution in [2.24, 2.45) is 0 Å². The first-order valence-corrected chi connectivity index (χ1v) is 10.9. The van der Waals surface area contributed by atoms with Gasteiger partial charge in [-0.3, -0.25) is 14.7 Å². The van der Waals surface area contributed by atoms with Gasteiger partial charge in [-0.2, -0.15) is 5.10 Å². The van der Waals surface area contributed by atoms with E-state index in [1.54, 1.807) is 31.2 Å². The van der Waals surface area contributed by atoms with Crippen LogP contribution >= 0.6 is 0 Å². The van der Waals surface area contributed by atoms with Crippen molar-refractivity contribution in [2.75, 3.05) is 14.1 Å². The summed E-state index contributed by atoms with van der Waals surface area (Å²) in [5.74, 6) is -1.44. The van der Waals surface area contributed by atoms with E-state index >= 15 is 0 Å². The summed E-state index contributed by atoms with van der Waals surface area (Å²) in [6.07, 6.45) is -3.37. The highest BCUT2D eigenvalue weighted by atomic mass is 19.4. The molecule has 0 aliphatic carbocycles. The number of nitrogens with zero attached hydrogens (tertiary/aromatic N) is 2. The molecule has 4 aromatic rings. The van der Waals surface area contributed by atoms with Gasteiger partial charge in [-0.1, -0.05) is 18.2 Å². The Hall–Kier alpha value is -4.61. The van der Waals surface area contributed by atoms with Crippen molar-refractivity contribution in [2.45, 2.75) is 19.3 Å². The smallest absolute Gasteiger partial charge is 0.480 e. The van der Waals surface area contributed by atoms with E-state index in [1.165, 1.54) is 31.4 Å². The molecular formula is C25H22F3N5O4. The van der Waals surface area contributed by atoms with Gasteiger partial charge < -0.3 is 20.1 Å². The fourth-order valence-electron chi connectivity index (χ4n) is 3.72. The van der Waals surface area contributed by atoms with E-state index in [4.69, 9.17) is 6.11 Å². The summed E-state index contributed by atoms with van der Waals surface area (Å²) in [5.41, 5.74) is 2.44. The van der Waals surface area contributed by atoms with Gasteiger partial charge in [0.15, 0.2) is 5.69 Å². The average molecular weight is 514 g/mol. The minimum absolute atomic E-state index is 0.0278. The number of carbonyl (C=O) groups excluding carboxylic acids is 2. The third-order valence-corrected chi connectivity index (χ3v) is 5.51. The fourth-order valence-corrected chi connectivity index (χ4v) is 3.72. The number of hydrogen-bond donors (Lipinski definition) is 3. The van der Waals surface area contributed by atoms with Gasteiger partial charge in [0, 0.05) is 24.2 Å². The van der Waals surface area contributed by atoms with E-state index in [0.29, 0.717) is 27.6 Å². The molecule has 9 nitrogen and oxygen atoms in total. The lowest BCUT2D eigenvalue weighted by atomic mass is 10.0. The fraction of sp³-hybridized carbons (Fsp3) is 0.200. The normalized spacial score (nSPS) is 12.5. The van der Waals surface area contributed by atoms with Crippen LogP contribution in [-0.4, -0.2) is 47.5 Å². The van der Waals surface area contributed by atoms with Gasteiger partial charge in [-0.25, -0.2) is 4.98 Å². The summed E-state index contributed by atoms with van der Waals surface area (Å²) in [7, 11) is 1.02. The zero-order valence-corrected chi connectivity index (χ0v) is 19.6. The quantitative estimate of drug-likeness (QED) is 0.337. The number of aromatic amines is 1. The van der Waals surface area contributed by atoms with E-state index in [-0.39, 0.29) is 23.0 Å². The van der Waals surface area contributed by atoms with Crippen molar-refractivity contribution in [1.82, 2.24) is 25.8 Å². The third-order valence-electron chi connectivity index (χ3n) is 5.51. The lowest BCUT2D eigenvalue weighted by Crippen LogP contribution is -2.27. The Bertz CT molecular complexity index is 1490. The first kappa shape index (κ1) is 24.1. The minimum atomic E-state index is -4.84. The summed E-state index contributed by atoms with van der Waals surface area (Å²) in [4.78, 5) is 29.4. The number of aromatic nitrogens is 3. The van der Waals surface area contributed by atoms with Crippen LogP contribution in [0.3, 0.4) is 0 Å². The standard InChI is InChI=1S/C25H22F3N5O4/c1-13(14-5-4-6-17(9-14)37-25(26,27)28)31-22(34)19-10-16(12-30-24(19)36-3)15-7-8-18-20(11-15)32-33-21(18)23(35)29-2/h4-13H,1-3H3,(H,29,35)(H,31,34)(H,32,33)/t13-/m0/s1/i3D. The van der Waals surface area contributed by atoms with Crippen LogP contribution < -0.4 is 20.1 Å². The maximum atomic E-state index is 13.2. The predicted octanol–water partition coefficient (Wildman–Crippen LogP) is 4.38. The molecule has 0 unspecified atom stereocenters. The third kappa shape index (κ3) is 5.63. The SMILES string of the molecule is [2H]COc1ncc(-c2ccc3c(C(=O)NC)n[nH]c3c2)cc1C(=O)N[C@@H](C)c1cccc(OC(F)(F)F)c1. The molecule has 0 fully saturated rings. The number of ether oxygens (including phenoxy) is 2. The number of benzene rings is 2. The minimum Gasteiger partial charge on any atom is -0.480 e. The van der Waals surface area contributed by atoms with E-state index in [2.05, 4.69) is 30.6 Å². The molecule has 0 bridgehead atoms. The lowest BCUT2D eigenvalue weighted by molar-refractivity contribution is -0.274. The van der Waals surface area contributed by atoms with Gasteiger partial charge in [0.05, 0.1) is 20.0 Å². The first-order chi connectivity index (χ1) is 18.1. The molecule has 3 N–H and O–H groups in total. The molecule has 2 heterocycles. The molecule has 0 aliphatic heterocycles. The highest BCUT2D eigenvalue weighted by Gasteiger charge is 2.31. The molecule has 12 heteroatoms. The number of amides is 2. The van der Waals surface area contributed by atoms with Gasteiger partial charge in [0.2, 0.25) is 5.88 Å². The van der Waals surface area contributed by atoms with Gasteiger partial charge in [0.25, 0.3) is 11.8 Å². The highest BCUT2D eigenvalue weighted by Crippen LogP contribution is 2.29. The van der Waals surface area contributed by atoms with Gasteiger partial charge >= 0.3 is 6.36 Å². The van der Waals surface area contributed by atoms with Crippen LogP contribution in [0.5, 0.6) is 11.6 Å². The topological polar surface area (TPSA) is 118 Å². The van der Waals surface area contributed by atoms with Crippen LogP contribution in [0, 0.1) is 0 Å². The summed E-state index contributed by atoms with van der Waals surface area (Å²) in [6.45, 7) is 1.60. The van der Waals surface area contributed by atoms with Crippen LogP contribution in [0.15, 0.2) is 54.7 Å². The van der Waals surface area contributed by atoms with Crippen molar-refractivity contribution in [3.8, 4) is 22.8 Å². The number of rotatable bonds is 7.